The first-order valence-electron chi connectivity index (χ1n) is 30.7. The fourth-order valence-corrected chi connectivity index (χ4v) is 14.1. The number of halogens is 4. The van der Waals surface area contributed by atoms with Gasteiger partial charge in [0.25, 0.3) is 23.6 Å². The van der Waals surface area contributed by atoms with Crippen molar-refractivity contribution < 1.29 is 127 Å². The topological polar surface area (TPSA) is 261 Å². The van der Waals surface area contributed by atoms with Crippen molar-refractivity contribution in [1.29, 1.82) is 0 Å². The quantitative estimate of drug-likeness (QED) is 0.0696. The molecule has 0 bridgehead atoms. The number of carbonyl (C=O) groups excluding carboxylic acids is 4. The molecule has 4 amide bonds. The minimum absolute atomic E-state index is 0. The molecule has 19 nitrogen and oxygen atoms in total. The molecule has 2 fully saturated rings. The second-order valence-electron chi connectivity index (χ2n) is 27.0. The van der Waals surface area contributed by atoms with Gasteiger partial charge in [-0.2, -0.15) is 5.21 Å². The summed E-state index contributed by atoms with van der Waals surface area (Å²) in [6, 6.07) is 25.0. The molecule has 0 radical (unpaired) electrons. The van der Waals surface area contributed by atoms with E-state index in [0.717, 1.165) is 88.2 Å². The zero-order valence-electron chi connectivity index (χ0n) is 54.5. The molecule has 25 heteroatoms. The van der Waals surface area contributed by atoms with E-state index >= 15 is 0 Å². The van der Waals surface area contributed by atoms with E-state index in [4.69, 9.17) is 56.4 Å². The number of aromatic nitrogens is 8. The largest absolute Gasteiger partial charge is 1.00 e. The smallest absolute Gasteiger partial charge is 0.870 e. The molecule has 10 rings (SSSR count). The third-order valence-corrected chi connectivity index (χ3v) is 18.9. The van der Waals surface area contributed by atoms with Crippen molar-refractivity contribution in [2.45, 2.75) is 183 Å². The van der Waals surface area contributed by atoms with E-state index < -0.39 is 11.3 Å². The molecule has 4 N–H and O–H groups in total. The molecule has 2 aliphatic heterocycles. The molecule has 2 saturated carbocycles. The van der Waals surface area contributed by atoms with E-state index in [0.29, 0.717) is 89.1 Å². The van der Waals surface area contributed by atoms with Crippen LogP contribution in [0.5, 0.6) is 0 Å². The Morgan fingerprint density at radius 3 is 1.27 bits per heavy atom. The Balaban J connectivity index is 0.000000280. The van der Waals surface area contributed by atoms with E-state index in [1.165, 1.54) is 0 Å². The van der Waals surface area contributed by atoms with Gasteiger partial charge in [0.05, 0.1) is 31.0 Å². The van der Waals surface area contributed by atoms with Crippen LogP contribution < -0.4 is 119 Å². The van der Waals surface area contributed by atoms with Gasteiger partial charge in [-0.05, 0) is 183 Å². The fraction of sp³-hybridized carbons (Fsp3) is 0.515. The maximum absolute atomic E-state index is 14.5. The minimum Gasteiger partial charge on any atom is -0.870 e. The standard InChI is InChI=1S/2C33H41Cl2N7O2.2K.H2O/c2*1-20(2)6-11-27(21-7-9-22(10-8-21)30(43)36-19-28-38-40-41-39-28)42-31(44)29(23-16-25(34)18-26(35)17-23)37-33(42)14-12-24(13-15-33)32(3,4)5;;;/h7-10,16-18,20,24,27H,6,11-15,19H2,1-5H3,(H,36,43)(H,38,39,40,41);7-10,16-18,20,24,27H,6,11-15,19H2,1-5H3,(H2,36,38,39,40,41,43);;;1H2/q;;2*+1;/p-2/t2*24?,27-,33?;;;/m11.../s1. The summed E-state index contributed by atoms with van der Waals surface area (Å²) in [6.07, 6.45) is 10.5. The van der Waals surface area contributed by atoms with Gasteiger partial charge in [-0.1, -0.05) is 145 Å². The molecule has 2 aliphatic carbocycles. The number of aromatic amines is 1. The van der Waals surface area contributed by atoms with E-state index in [1.54, 1.807) is 48.5 Å². The van der Waals surface area contributed by atoms with Crippen LogP contribution in [0.2, 0.25) is 20.1 Å². The molecule has 2 aromatic heterocycles. The molecular weight excluding hydrogens is 1290 g/mol. The molecule has 2 spiro atoms. The van der Waals surface area contributed by atoms with Crippen molar-refractivity contribution in [3.8, 4) is 0 Å². The van der Waals surface area contributed by atoms with Crippen LogP contribution in [0.4, 0.5) is 0 Å². The van der Waals surface area contributed by atoms with Gasteiger partial charge in [0.2, 0.25) is 0 Å². The zero-order valence-corrected chi connectivity index (χ0v) is 63.7. The number of nitrogens with one attached hydrogen (secondary N) is 3. The van der Waals surface area contributed by atoms with E-state index in [1.807, 2.05) is 46.2 Å². The third-order valence-electron chi connectivity index (χ3n) is 18.0. The van der Waals surface area contributed by atoms with Gasteiger partial charge in [-0.25, -0.2) is 5.10 Å². The van der Waals surface area contributed by atoms with Crippen molar-refractivity contribution in [1.82, 2.24) is 61.7 Å². The molecule has 91 heavy (non-hydrogen) atoms. The Hall–Kier alpha value is -3.37. The Bertz CT molecular complexity index is 3220. The number of amides is 4. The van der Waals surface area contributed by atoms with Gasteiger partial charge in [0.15, 0.2) is 5.82 Å². The SMILES string of the molecule is CC(C)CC[C@H](c1ccc(C(=O)NCc2nn[n-]n2)cc1)N1C(=O)C(c2cc(Cl)cc(Cl)c2)=NC12CCC(C(C)(C)C)CC2.CC(C)CC[C@H](c1ccc(C(=O)NCc2nn[nH]n2)cc1)N1C(=O)C(c2cc(Cl)cc(Cl)c2)=NC12CCC(C(C)(C)C)CC2.[K+].[K+].[OH-]. The maximum Gasteiger partial charge on any atom is 1.00 e. The van der Waals surface area contributed by atoms with Crippen LogP contribution in [0.3, 0.4) is 0 Å². The first-order chi connectivity index (χ1) is 41.7. The number of tetrazole rings is 2. The normalized spacial score (nSPS) is 20.5. The number of aliphatic imine (C=N–C) groups is 2. The summed E-state index contributed by atoms with van der Waals surface area (Å²) in [5.74, 6) is 2.03. The second kappa shape index (κ2) is 33.1. The number of benzene rings is 4. The summed E-state index contributed by atoms with van der Waals surface area (Å²) in [5.41, 5.74) is 4.10. The number of nitrogens with zero attached hydrogens (tertiary/aromatic N) is 11. The summed E-state index contributed by atoms with van der Waals surface area (Å²) < 4.78 is 0. The summed E-state index contributed by atoms with van der Waals surface area (Å²) in [7, 11) is 0. The number of hydrogen-bond donors (Lipinski definition) is 3. The van der Waals surface area contributed by atoms with Crippen LogP contribution in [0.15, 0.2) is 94.9 Å². The minimum atomic E-state index is -0.664. The van der Waals surface area contributed by atoms with Crippen LogP contribution in [0.1, 0.15) is 213 Å². The molecule has 0 saturated heterocycles. The van der Waals surface area contributed by atoms with Gasteiger partial charge in [-0.3, -0.25) is 39.6 Å². The molecule has 2 atom stereocenters. The summed E-state index contributed by atoms with van der Waals surface area (Å²) in [6.45, 7) is 22.8. The average Bonchev–Trinajstić information content (AvgIpc) is 1.62. The molecule has 476 valence electrons. The molecule has 4 aromatic carbocycles. The monoisotopic (exact) mass is 1370 g/mol. The number of H-pyrrole nitrogens is 1. The van der Waals surface area contributed by atoms with Crippen LogP contribution in [-0.2, 0) is 22.7 Å². The predicted molar refractivity (Wildman–Crippen MR) is 346 cm³/mol. The van der Waals surface area contributed by atoms with Crippen LogP contribution in [0, 0.1) is 34.5 Å². The number of rotatable bonds is 18. The van der Waals surface area contributed by atoms with E-state index in [2.05, 4.69) is 121 Å². The van der Waals surface area contributed by atoms with Gasteiger partial charge in [0, 0.05) is 42.3 Å². The van der Waals surface area contributed by atoms with Crippen molar-refractivity contribution in [3.63, 3.8) is 0 Å². The first-order valence-corrected chi connectivity index (χ1v) is 32.2. The fourth-order valence-electron chi connectivity index (χ4n) is 13.0. The van der Waals surface area contributed by atoms with Crippen molar-refractivity contribution in [3.05, 3.63) is 150 Å². The number of carbonyl (C=O) groups is 4. The molecule has 0 unspecified atom stereocenters. The molecule has 4 heterocycles. The maximum atomic E-state index is 14.5. The van der Waals surface area contributed by atoms with Crippen molar-refractivity contribution in [2.24, 2.45) is 44.5 Å². The summed E-state index contributed by atoms with van der Waals surface area (Å²) in [5, 5.41) is 35.5. The number of hydrogen-bond acceptors (Lipinski definition) is 13. The van der Waals surface area contributed by atoms with Crippen LogP contribution in [-0.4, -0.2) is 97.7 Å². The predicted octanol–water partition coefficient (Wildman–Crippen LogP) is 7.82. The average molecular weight is 1370 g/mol. The first kappa shape index (κ1) is 76.6. The van der Waals surface area contributed by atoms with Crippen LogP contribution in [0.25, 0.3) is 0 Å². The Labute approximate surface area is 639 Å². The molecule has 4 aliphatic rings. The van der Waals surface area contributed by atoms with E-state index in [9.17, 15) is 19.2 Å². The Morgan fingerprint density at radius 1 is 0.582 bits per heavy atom. The Kier molecular flexibility index (Phi) is 27.8. The van der Waals surface area contributed by atoms with Gasteiger partial charge in [0.1, 0.15) is 22.7 Å². The van der Waals surface area contributed by atoms with Crippen LogP contribution >= 0.6 is 46.4 Å². The van der Waals surface area contributed by atoms with Crippen molar-refractivity contribution >= 4 is 81.5 Å². The Morgan fingerprint density at radius 2 is 0.956 bits per heavy atom. The van der Waals surface area contributed by atoms with Crippen molar-refractivity contribution in [2.75, 3.05) is 0 Å². The second-order valence-corrected chi connectivity index (χ2v) is 28.8. The van der Waals surface area contributed by atoms with Gasteiger partial charge < -0.3 is 31.0 Å². The molecular formula is C66H82Cl4K2N14O5. The van der Waals surface area contributed by atoms with Gasteiger partial charge >= 0.3 is 103 Å². The zero-order chi connectivity index (χ0) is 63.3. The summed E-state index contributed by atoms with van der Waals surface area (Å²) in [4.78, 5) is 69.4. The third kappa shape index (κ3) is 19.0. The van der Waals surface area contributed by atoms with E-state index in [-0.39, 0.29) is 168 Å². The molecule has 6 aromatic rings. The van der Waals surface area contributed by atoms with Gasteiger partial charge in [-0.15, -0.1) is 10.2 Å². The summed E-state index contributed by atoms with van der Waals surface area (Å²) >= 11 is 25.5.